The highest BCUT2D eigenvalue weighted by atomic mass is 16.2. The summed E-state index contributed by atoms with van der Waals surface area (Å²) < 4.78 is 1.97. The van der Waals surface area contributed by atoms with E-state index in [2.05, 4.69) is 0 Å². The van der Waals surface area contributed by atoms with Crippen molar-refractivity contribution in [2.45, 2.75) is 0 Å². The minimum absolute atomic E-state index is 0.136. The normalized spacial score (nSPS) is 12.3. The zero-order valence-electron chi connectivity index (χ0n) is 31.0. The average molecular weight is 749 g/mol. The fourth-order valence-electron chi connectivity index (χ4n) is 8.22. The molecule has 0 radical (unpaired) electrons. The van der Waals surface area contributed by atoms with E-state index in [9.17, 15) is 14.4 Å². The van der Waals surface area contributed by atoms with Gasteiger partial charge in [-0.3, -0.25) is 19.2 Å². The highest BCUT2D eigenvalue weighted by Crippen LogP contribution is 2.45. The third-order valence-corrected chi connectivity index (χ3v) is 10.9. The maximum absolute atomic E-state index is 15.2. The Morgan fingerprint density at radius 3 is 1.29 bits per heavy atom. The van der Waals surface area contributed by atoms with E-state index >= 15 is 4.79 Å². The van der Waals surface area contributed by atoms with Crippen molar-refractivity contribution in [2.75, 3.05) is 4.90 Å². The first-order valence-electron chi connectivity index (χ1n) is 19.0. The number of fused-ring (bicyclic) bond motifs is 4. The lowest BCUT2D eigenvalue weighted by Crippen LogP contribution is -2.30. The average Bonchev–Trinajstić information content (AvgIpc) is 3.75. The lowest BCUT2D eigenvalue weighted by atomic mass is 9.95. The van der Waals surface area contributed by atoms with Crippen molar-refractivity contribution in [2.24, 2.45) is 0 Å². The maximum atomic E-state index is 15.2. The Balaban J connectivity index is 1.19. The van der Waals surface area contributed by atoms with Crippen LogP contribution in [-0.4, -0.2) is 27.9 Å². The molecule has 0 bridgehead atoms. The Labute approximate surface area is 333 Å². The lowest BCUT2D eigenvalue weighted by Gasteiger charge is -2.23. The molecule has 0 saturated carbocycles. The summed E-state index contributed by atoms with van der Waals surface area (Å²) in [6, 6.07) is 59.9. The summed E-state index contributed by atoms with van der Waals surface area (Å²) in [6.45, 7) is 0. The Bertz CT molecular complexity index is 2950. The quantitative estimate of drug-likeness (QED) is 0.115. The summed E-state index contributed by atoms with van der Waals surface area (Å²) in [6.07, 6.45) is 0. The van der Waals surface area contributed by atoms with Crippen molar-refractivity contribution in [1.29, 1.82) is 0 Å². The molecule has 6 nitrogen and oxygen atoms in total. The fraction of sp³-hybridized carbons (Fsp3) is 0. The second-order valence-corrected chi connectivity index (χ2v) is 14.3. The molecule has 0 saturated heterocycles. The molecule has 0 aliphatic carbocycles. The number of para-hydroxylation sites is 1. The molecule has 1 aliphatic rings. The summed E-state index contributed by atoms with van der Waals surface area (Å²) in [5, 5.41) is 1.46. The number of ketones is 2. The summed E-state index contributed by atoms with van der Waals surface area (Å²) in [5.41, 5.74) is 8.33. The molecule has 0 unspecified atom stereocenters. The third kappa shape index (κ3) is 5.58. The molecule has 2 heterocycles. The number of aromatic nitrogens is 1. The molecule has 0 atom stereocenters. The number of hydrogen-bond acceptors (Lipinski definition) is 4. The van der Waals surface area contributed by atoms with Crippen molar-refractivity contribution < 1.29 is 19.2 Å². The molecule has 8 aromatic carbocycles. The van der Waals surface area contributed by atoms with Gasteiger partial charge in [0.15, 0.2) is 11.6 Å². The van der Waals surface area contributed by atoms with Crippen molar-refractivity contribution in [3.05, 3.63) is 228 Å². The Morgan fingerprint density at radius 2 is 0.810 bits per heavy atom. The number of carbonyl (C=O) groups is 4. The number of rotatable bonds is 8. The molecule has 1 aliphatic heterocycles. The molecule has 1 aromatic heterocycles. The number of benzene rings is 8. The predicted octanol–water partition coefficient (Wildman–Crippen LogP) is 11.4. The molecule has 9 aromatic rings. The van der Waals surface area contributed by atoms with Crippen LogP contribution in [-0.2, 0) is 0 Å². The molecule has 6 heteroatoms. The molecule has 58 heavy (non-hydrogen) atoms. The summed E-state index contributed by atoms with van der Waals surface area (Å²) in [5.74, 6) is -1.14. The zero-order chi connectivity index (χ0) is 39.3. The van der Waals surface area contributed by atoms with E-state index in [-0.39, 0.29) is 22.7 Å². The Kier molecular flexibility index (Phi) is 8.31. The number of imide groups is 1. The van der Waals surface area contributed by atoms with Gasteiger partial charge >= 0.3 is 0 Å². The van der Waals surface area contributed by atoms with Gasteiger partial charge in [0.2, 0.25) is 0 Å². The van der Waals surface area contributed by atoms with Gasteiger partial charge in [-0.25, -0.2) is 4.90 Å². The van der Waals surface area contributed by atoms with Crippen LogP contribution in [0.2, 0.25) is 0 Å². The van der Waals surface area contributed by atoms with Gasteiger partial charge in [-0.15, -0.1) is 0 Å². The molecular formula is C52H32N2O4. The number of carbonyl (C=O) groups excluding carboxylic acids is 4. The number of hydrogen-bond donors (Lipinski definition) is 0. The molecule has 2 amide bonds. The lowest BCUT2D eigenvalue weighted by molar-refractivity contribution is 0.0924. The van der Waals surface area contributed by atoms with Crippen LogP contribution in [0.5, 0.6) is 0 Å². The second kappa shape index (κ2) is 14.0. The maximum Gasteiger partial charge on any atom is 0.268 e. The van der Waals surface area contributed by atoms with Crippen molar-refractivity contribution in [3.63, 3.8) is 0 Å². The third-order valence-electron chi connectivity index (χ3n) is 10.9. The summed E-state index contributed by atoms with van der Waals surface area (Å²) in [7, 11) is 0. The van der Waals surface area contributed by atoms with Gasteiger partial charge < -0.3 is 4.57 Å². The largest absolute Gasteiger partial charge is 0.308 e. The molecule has 0 N–H and O–H groups in total. The van der Waals surface area contributed by atoms with Crippen LogP contribution < -0.4 is 4.90 Å². The van der Waals surface area contributed by atoms with Crippen LogP contribution in [0.3, 0.4) is 0 Å². The summed E-state index contributed by atoms with van der Waals surface area (Å²) in [4.78, 5) is 58.8. The van der Waals surface area contributed by atoms with Crippen LogP contribution in [0.4, 0.5) is 5.69 Å². The van der Waals surface area contributed by atoms with Crippen LogP contribution in [0, 0.1) is 0 Å². The van der Waals surface area contributed by atoms with Crippen LogP contribution in [0.25, 0.3) is 49.7 Å². The highest BCUT2D eigenvalue weighted by Gasteiger charge is 2.41. The minimum atomic E-state index is -0.446. The van der Waals surface area contributed by atoms with Crippen LogP contribution in [0.1, 0.15) is 52.6 Å². The second-order valence-electron chi connectivity index (χ2n) is 14.3. The van der Waals surface area contributed by atoms with Gasteiger partial charge in [0.05, 0.1) is 33.5 Å². The van der Waals surface area contributed by atoms with Gasteiger partial charge in [-0.2, -0.15) is 0 Å². The molecule has 0 fully saturated rings. The van der Waals surface area contributed by atoms with E-state index in [1.807, 2.05) is 150 Å². The first-order valence-corrected chi connectivity index (χ1v) is 19.0. The van der Waals surface area contributed by atoms with E-state index in [1.54, 1.807) is 48.5 Å². The standard InChI is InChI=1S/C52H32N2O4/c55-49(35-19-9-3-10-20-35)37-27-29-44-42(31-37)43-32-38(50(56)36-21-11-4-12-22-36)28-30-45(43)53(44)46-26-14-25-41-47(46)52(58)54(51(41)57)48-39(33-15-5-1-6-16-33)23-13-24-40(48)34-17-7-2-8-18-34/h1-32H. The topological polar surface area (TPSA) is 76.5 Å². The number of anilines is 1. The van der Waals surface area contributed by atoms with E-state index in [1.165, 1.54) is 4.90 Å². The first kappa shape index (κ1) is 34.5. The highest BCUT2D eigenvalue weighted by molar-refractivity contribution is 6.37. The smallest absolute Gasteiger partial charge is 0.268 e. The van der Waals surface area contributed by atoms with Gasteiger partial charge in [-0.05, 0) is 59.7 Å². The van der Waals surface area contributed by atoms with Gasteiger partial charge in [0.1, 0.15) is 0 Å². The molecular weight excluding hydrogens is 717 g/mol. The predicted molar refractivity (Wildman–Crippen MR) is 229 cm³/mol. The fourth-order valence-corrected chi connectivity index (χ4v) is 8.22. The van der Waals surface area contributed by atoms with Crippen molar-refractivity contribution >= 4 is 50.9 Å². The molecule has 0 spiro atoms. The molecule has 274 valence electrons. The monoisotopic (exact) mass is 748 g/mol. The minimum Gasteiger partial charge on any atom is -0.308 e. The van der Waals surface area contributed by atoms with Crippen molar-refractivity contribution in [3.8, 4) is 27.9 Å². The van der Waals surface area contributed by atoms with Crippen LogP contribution >= 0.6 is 0 Å². The van der Waals surface area contributed by atoms with Crippen LogP contribution in [0.15, 0.2) is 194 Å². The SMILES string of the molecule is O=C(c1ccccc1)c1ccc2c(c1)c1cc(C(=O)c3ccccc3)ccc1n2-c1cccc2c1C(=O)N(c1c(-c3ccccc3)cccc1-c1ccccc1)C2=O. The van der Waals surface area contributed by atoms with E-state index in [0.29, 0.717) is 44.7 Å². The molecule has 10 rings (SSSR count). The van der Waals surface area contributed by atoms with E-state index < -0.39 is 11.8 Å². The Hall–Kier alpha value is -7.96. The van der Waals surface area contributed by atoms with Gasteiger partial charge in [-0.1, -0.05) is 146 Å². The summed E-state index contributed by atoms with van der Waals surface area (Å²) >= 11 is 0. The van der Waals surface area contributed by atoms with Gasteiger partial charge in [0.25, 0.3) is 11.8 Å². The van der Waals surface area contributed by atoms with E-state index in [4.69, 9.17) is 0 Å². The number of nitrogens with zero attached hydrogens (tertiary/aromatic N) is 2. The van der Waals surface area contributed by atoms with Gasteiger partial charge in [0, 0.05) is 44.2 Å². The van der Waals surface area contributed by atoms with Crippen molar-refractivity contribution in [1.82, 2.24) is 4.57 Å². The zero-order valence-corrected chi connectivity index (χ0v) is 31.0. The number of amides is 2. The Morgan fingerprint density at radius 1 is 0.379 bits per heavy atom. The van der Waals surface area contributed by atoms with E-state index in [0.717, 1.165) is 33.0 Å². The first-order chi connectivity index (χ1) is 28.5.